The van der Waals surface area contributed by atoms with Crippen molar-refractivity contribution in [3.8, 4) is 11.5 Å². The molecule has 1 heterocycles. The molecule has 5 nitrogen and oxygen atoms in total. The number of carbonyl (C=O) groups excluding carboxylic acids is 1. The van der Waals surface area contributed by atoms with Crippen LogP contribution in [0.15, 0.2) is 64.2 Å². The molecule has 0 saturated heterocycles. The van der Waals surface area contributed by atoms with E-state index in [9.17, 15) is 4.79 Å². The molecule has 0 unspecified atom stereocenters. The van der Waals surface area contributed by atoms with Crippen LogP contribution in [0.1, 0.15) is 18.1 Å². The maximum Gasteiger partial charge on any atom is 0.363 e. The highest BCUT2D eigenvalue weighted by Crippen LogP contribution is 2.35. The van der Waals surface area contributed by atoms with E-state index in [4.69, 9.17) is 14.2 Å². The Bertz CT molecular complexity index is 967. The number of aliphatic imine (C=N–C) groups is 1. The van der Waals surface area contributed by atoms with Crippen LogP contribution in [0.4, 0.5) is 0 Å². The molecule has 144 valence electrons. The van der Waals surface area contributed by atoms with Gasteiger partial charge in [-0.1, -0.05) is 28.6 Å². The van der Waals surface area contributed by atoms with Crippen molar-refractivity contribution in [3.63, 3.8) is 0 Å². The minimum Gasteiger partial charge on any atom is -0.490 e. The van der Waals surface area contributed by atoms with Crippen LogP contribution in [0.25, 0.3) is 6.08 Å². The molecule has 7 heteroatoms. The van der Waals surface area contributed by atoms with Crippen molar-refractivity contribution in [3.05, 3.63) is 73.9 Å². The minimum absolute atomic E-state index is 0.232. The normalized spacial score (nSPS) is 14.6. The van der Waals surface area contributed by atoms with E-state index in [0.29, 0.717) is 24.7 Å². The summed E-state index contributed by atoms with van der Waals surface area (Å²) in [5.74, 6) is 1.05. The molecule has 0 radical (unpaired) electrons. The number of benzene rings is 2. The first-order valence-electron chi connectivity index (χ1n) is 8.50. The molecule has 1 aliphatic rings. The van der Waals surface area contributed by atoms with E-state index in [1.165, 1.54) is 0 Å². The highest BCUT2D eigenvalue weighted by atomic mass is 127. The number of hydrogen-bond acceptors (Lipinski definition) is 5. The lowest BCUT2D eigenvalue weighted by molar-refractivity contribution is -0.129. The third-order valence-corrected chi connectivity index (χ3v) is 5.02. The van der Waals surface area contributed by atoms with E-state index in [1.807, 2.05) is 43.3 Å². The molecule has 28 heavy (non-hydrogen) atoms. The van der Waals surface area contributed by atoms with Crippen molar-refractivity contribution in [1.29, 1.82) is 0 Å². The van der Waals surface area contributed by atoms with Crippen LogP contribution in [-0.4, -0.2) is 25.1 Å². The smallest absolute Gasteiger partial charge is 0.363 e. The lowest BCUT2D eigenvalue weighted by atomic mass is 10.1. The fourth-order valence-corrected chi connectivity index (χ4v) is 3.54. The van der Waals surface area contributed by atoms with Gasteiger partial charge in [0.1, 0.15) is 6.61 Å². The Labute approximate surface area is 185 Å². The molecular formula is C21H17BrINO4. The summed E-state index contributed by atoms with van der Waals surface area (Å²) >= 11 is 5.56. The van der Waals surface area contributed by atoms with Crippen LogP contribution in [-0.2, 0) is 9.53 Å². The zero-order valence-corrected chi connectivity index (χ0v) is 18.8. The van der Waals surface area contributed by atoms with Crippen molar-refractivity contribution >= 4 is 56.5 Å². The molecule has 2 aromatic rings. The number of cyclic esters (lactones) is 1. The van der Waals surface area contributed by atoms with E-state index in [0.717, 1.165) is 19.2 Å². The van der Waals surface area contributed by atoms with Crippen molar-refractivity contribution in [2.45, 2.75) is 6.92 Å². The monoisotopic (exact) mass is 553 g/mol. The summed E-state index contributed by atoms with van der Waals surface area (Å²) in [5, 5.41) is 0. The SMILES string of the molecule is C=CCOc1c(I)cc(/C=C2\N=C(c3ccc(Br)cc3)OC2=O)cc1OCC. The molecule has 3 rings (SSSR count). The summed E-state index contributed by atoms with van der Waals surface area (Å²) in [5.41, 5.74) is 1.74. The third-order valence-electron chi connectivity index (χ3n) is 3.69. The Morgan fingerprint density at radius 1 is 1.25 bits per heavy atom. The number of halogens is 2. The molecule has 0 bridgehead atoms. The fraction of sp³-hybridized carbons (Fsp3) is 0.143. The van der Waals surface area contributed by atoms with Gasteiger partial charge in [0.15, 0.2) is 17.2 Å². The van der Waals surface area contributed by atoms with Gasteiger partial charge in [-0.05, 0) is 77.6 Å². The van der Waals surface area contributed by atoms with Gasteiger partial charge in [-0.25, -0.2) is 9.79 Å². The summed E-state index contributed by atoms with van der Waals surface area (Å²) in [4.78, 5) is 16.6. The number of carbonyl (C=O) groups is 1. The van der Waals surface area contributed by atoms with Gasteiger partial charge in [0, 0.05) is 10.0 Å². The zero-order valence-electron chi connectivity index (χ0n) is 15.1. The Morgan fingerprint density at radius 3 is 2.68 bits per heavy atom. The van der Waals surface area contributed by atoms with Crippen molar-refractivity contribution in [2.24, 2.45) is 4.99 Å². The molecule has 0 N–H and O–H groups in total. The molecule has 1 aliphatic heterocycles. The fourth-order valence-electron chi connectivity index (χ4n) is 2.50. The van der Waals surface area contributed by atoms with Crippen LogP contribution in [0.5, 0.6) is 11.5 Å². The zero-order chi connectivity index (χ0) is 20.1. The summed E-state index contributed by atoms with van der Waals surface area (Å²) < 4.78 is 18.5. The van der Waals surface area contributed by atoms with Crippen LogP contribution in [0.2, 0.25) is 0 Å². The lowest BCUT2D eigenvalue weighted by Crippen LogP contribution is -2.05. The predicted molar refractivity (Wildman–Crippen MR) is 121 cm³/mol. The van der Waals surface area contributed by atoms with Crippen LogP contribution in [0, 0.1) is 3.57 Å². The van der Waals surface area contributed by atoms with E-state index >= 15 is 0 Å². The molecule has 0 saturated carbocycles. The molecule has 0 fully saturated rings. The van der Waals surface area contributed by atoms with Gasteiger partial charge in [-0.2, -0.15) is 0 Å². The Balaban J connectivity index is 1.94. The number of hydrogen-bond donors (Lipinski definition) is 0. The molecular weight excluding hydrogens is 537 g/mol. The van der Waals surface area contributed by atoms with Gasteiger partial charge < -0.3 is 14.2 Å². The van der Waals surface area contributed by atoms with Gasteiger partial charge in [-0.3, -0.25) is 0 Å². The van der Waals surface area contributed by atoms with Crippen molar-refractivity contribution in [1.82, 2.24) is 0 Å². The number of nitrogens with zero attached hydrogens (tertiary/aromatic N) is 1. The number of ether oxygens (including phenoxy) is 3. The standard InChI is InChI=1S/C21H17BrINO4/c1-3-9-27-19-16(23)10-13(12-18(19)26-4-2)11-17-21(25)28-20(24-17)14-5-7-15(22)8-6-14/h3,5-8,10-12H,1,4,9H2,2H3/b17-11-. The van der Waals surface area contributed by atoms with Crippen LogP contribution < -0.4 is 9.47 Å². The highest BCUT2D eigenvalue weighted by molar-refractivity contribution is 14.1. The molecule has 2 aromatic carbocycles. The van der Waals surface area contributed by atoms with Gasteiger partial charge in [0.05, 0.1) is 10.2 Å². The average molecular weight is 554 g/mol. The van der Waals surface area contributed by atoms with Gasteiger partial charge in [0.2, 0.25) is 5.90 Å². The second-order valence-corrected chi connectivity index (χ2v) is 7.78. The maximum absolute atomic E-state index is 12.2. The summed E-state index contributed by atoms with van der Waals surface area (Å²) in [6.45, 7) is 6.44. The minimum atomic E-state index is -0.488. The van der Waals surface area contributed by atoms with Crippen LogP contribution >= 0.6 is 38.5 Å². The maximum atomic E-state index is 12.2. The Morgan fingerprint density at radius 2 is 2.00 bits per heavy atom. The first-order valence-corrected chi connectivity index (χ1v) is 10.4. The topological polar surface area (TPSA) is 57.1 Å². The van der Waals surface area contributed by atoms with E-state index < -0.39 is 5.97 Å². The Hall–Kier alpha value is -2.13. The number of rotatable bonds is 7. The van der Waals surface area contributed by atoms with Gasteiger partial charge >= 0.3 is 5.97 Å². The van der Waals surface area contributed by atoms with Gasteiger partial charge in [-0.15, -0.1) is 0 Å². The van der Waals surface area contributed by atoms with E-state index in [2.05, 4.69) is 50.1 Å². The highest BCUT2D eigenvalue weighted by Gasteiger charge is 2.24. The quantitative estimate of drug-likeness (QED) is 0.200. The van der Waals surface area contributed by atoms with Crippen LogP contribution in [0.3, 0.4) is 0 Å². The summed E-state index contributed by atoms with van der Waals surface area (Å²) in [6.07, 6.45) is 3.35. The molecule has 0 amide bonds. The summed E-state index contributed by atoms with van der Waals surface area (Å²) in [7, 11) is 0. The first-order chi connectivity index (χ1) is 13.5. The predicted octanol–water partition coefficient (Wildman–Crippen LogP) is 5.36. The van der Waals surface area contributed by atoms with Gasteiger partial charge in [0.25, 0.3) is 0 Å². The van der Waals surface area contributed by atoms with E-state index in [1.54, 1.807) is 12.2 Å². The molecule has 0 spiro atoms. The van der Waals surface area contributed by atoms with Crippen molar-refractivity contribution in [2.75, 3.05) is 13.2 Å². The second-order valence-electron chi connectivity index (χ2n) is 5.71. The Kier molecular flexibility index (Phi) is 6.90. The lowest BCUT2D eigenvalue weighted by Gasteiger charge is -2.13. The molecule has 0 aliphatic carbocycles. The average Bonchev–Trinajstić information content (AvgIpc) is 3.02. The van der Waals surface area contributed by atoms with Crippen molar-refractivity contribution < 1.29 is 19.0 Å². The second kappa shape index (κ2) is 9.38. The number of esters is 1. The largest absolute Gasteiger partial charge is 0.490 e. The molecule has 0 aromatic heterocycles. The van der Waals surface area contributed by atoms with E-state index in [-0.39, 0.29) is 11.6 Å². The molecule has 0 atom stereocenters. The third kappa shape index (κ3) is 4.82. The first kappa shape index (κ1) is 20.6. The summed E-state index contributed by atoms with van der Waals surface area (Å²) in [6, 6.07) is 11.1.